The molecular formula is C41H51FN4O6. The minimum Gasteiger partial charge on any atom is -0.481 e. The number of anilines is 1. The molecule has 3 aromatic carbocycles. The molecule has 0 aliphatic rings. The van der Waals surface area contributed by atoms with Gasteiger partial charge in [-0.2, -0.15) is 0 Å². The van der Waals surface area contributed by atoms with E-state index in [0.29, 0.717) is 59.4 Å². The van der Waals surface area contributed by atoms with Gasteiger partial charge in [-0.1, -0.05) is 39.8 Å². The Kier molecular flexibility index (Phi) is 13.6. The summed E-state index contributed by atoms with van der Waals surface area (Å²) < 4.78 is 20.1. The van der Waals surface area contributed by atoms with Crippen molar-refractivity contribution < 1.29 is 33.1 Å². The summed E-state index contributed by atoms with van der Waals surface area (Å²) in [5.74, 6) is -1.68. The minimum atomic E-state index is -0.980. The molecule has 278 valence electrons. The molecule has 0 spiro atoms. The highest BCUT2D eigenvalue weighted by Crippen LogP contribution is 2.41. The van der Waals surface area contributed by atoms with Crippen LogP contribution >= 0.6 is 0 Å². The summed E-state index contributed by atoms with van der Waals surface area (Å²) >= 11 is 0. The number of hydrogen-bond donors (Lipinski definition) is 4. The molecule has 0 radical (unpaired) electrons. The number of carboxylic acid groups (broad SMARTS) is 1. The molecule has 4 rings (SSSR count). The molecule has 0 unspecified atom stereocenters. The van der Waals surface area contributed by atoms with Gasteiger partial charge in [0.2, 0.25) is 5.91 Å². The fourth-order valence-electron chi connectivity index (χ4n) is 6.69. The Balaban J connectivity index is 1.72. The monoisotopic (exact) mass is 714 g/mol. The number of aliphatic carboxylic acids is 1. The molecule has 11 heteroatoms. The van der Waals surface area contributed by atoms with Crippen molar-refractivity contribution >= 4 is 40.3 Å². The molecule has 0 saturated heterocycles. The highest BCUT2D eigenvalue weighted by atomic mass is 19.1. The number of amides is 3. The molecule has 0 saturated carbocycles. The fraction of sp³-hybridized carbons (Fsp3) is 0.415. The van der Waals surface area contributed by atoms with Gasteiger partial charge in [-0.3, -0.25) is 19.2 Å². The first-order valence-electron chi connectivity index (χ1n) is 18.0. The molecule has 0 fully saturated rings. The number of carbonyl (C=O) groups excluding carboxylic acids is 3. The van der Waals surface area contributed by atoms with Crippen LogP contribution in [0.2, 0.25) is 0 Å². The van der Waals surface area contributed by atoms with E-state index in [2.05, 4.69) is 20.9 Å². The Labute approximate surface area is 305 Å². The number of halogens is 1. The van der Waals surface area contributed by atoms with E-state index in [-0.39, 0.29) is 42.4 Å². The van der Waals surface area contributed by atoms with Crippen LogP contribution < -0.4 is 20.9 Å². The van der Waals surface area contributed by atoms with Gasteiger partial charge in [-0.05, 0) is 86.6 Å². The Morgan fingerprint density at radius 3 is 2.02 bits per heavy atom. The number of carboxylic acids is 1. The van der Waals surface area contributed by atoms with Gasteiger partial charge >= 0.3 is 5.97 Å². The van der Waals surface area contributed by atoms with Crippen LogP contribution in [0.25, 0.3) is 33.4 Å². The molecule has 4 aromatic rings. The van der Waals surface area contributed by atoms with Crippen molar-refractivity contribution in [3.05, 3.63) is 77.6 Å². The Morgan fingerprint density at radius 1 is 0.808 bits per heavy atom. The number of benzene rings is 3. The normalized spacial score (nSPS) is 12.5. The lowest BCUT2D eigenvalue weighted by Crippen LogP contribution is -2.43. The Bertz CT molecular complexity index is 1880. The average molecular weight is 715 g/mol. The van der Waals surface area contributed by atoms with Crippen molar-refractivity contribution in [1.29, 1.82) is 0 Å². The lowest BCUT2D eigenvalue weighted by molar-refractivity contribution is -0.137. The summed E-state index contributed by atoms with van der Waals surface area (Å²) in [6, 6.07) is 15.8. The van der Waals surface area contributed by atoms with Crippen molar-refractivity contribution in [2.45, 2.75) is 79.3 Å². The zero-order chi connectivity index (χ0) is 38.1. The lowest BCUT2D eigenvalue weighted by atomic mass is 9.96. The summed E-state index contributed by atoms with van der Waals surface area (Å²) in [5, 5.41) is 18.6. The van der Waals surface area contributed by atoms with Gasteiger partial charge in [0, 0.05) is 72.5 Å². The van der Waals surface area contributed by atoms with Gasteiger partial charge in [-0.15, -0.1) is 0 Å². The topological polar surface area (TPSA) is 141 Å². The zero-order valence-corrected chi connectivity index (χ0v) is 31.1. The van der Waals surface area contributed by atoms with Crippen molar-refractivity contribution in [3.8, 4) is 22.5 Å². The number of rotatable bonds is 17. The van der Waals surface area contributed by atoms with Crippen LogP contribution in [-0.2, 0) is 9.59 Å². The first-order chi connectivity index (χ1) is 24.7. The molecule has 1 heterocycles. The van der Waals surface area contributed by atoms with E-state index in [4.69, 9.17) is 4.42 Å². The van der Waals surface area contributed by atoms with Crippen LogP contribution in [0.4, 0.5) is 10.1 Å². The summed E-state index contributed by atoms with van der Waals surface area (Å²) in [6.45, 7) is 13.4. The highest BCUT2D eigenvalue weighted by Gasteiger charge is 2.26. The number of furan rings is 1. The maximum atomic E-state index is 13.8. The molecule has 2 atom stereocenters. The maximum absolute atomic E-state index is 13.8. The number of fused-ring (bicyclic) bond motifs is 1. The predicted octanol–water partition coefficient (Wildman–Crippen LogP) is 7.65. The molecule has 0 aliphatic carbocycles. The largest absolute Gasteiger partial charge is 0.481 e. The smallest absolute Gasteiger partial charge is 0.305 e. The second-order valence-corrected chi connectivity index (χ2v) is 14.0. The van der Waals surface area contributed by atoms with Gasteiger partial charge in [0.25, 0.3) is 11.8 Å². The average Bonchev–Trinajstić information content (AvgIpc) is 3.46. The third-order valence-corrected chi connectivity index (χ3v) is 8.97. The predicted molar refractivity (Wildman–Crippen MR) is 203 cm³/mol. The molecule has 3 amide bonds. The van der Waals surface area contributed by atoms with Crippen LogP contribution in [-0.4, -0.2) is 61.0 Å². The lowest BCUT2D eigenvalue weighted by Gasteiger charge is -2.25. The quantitative estimate of drug-likeness (QED) is 0.0881. The first kappa shape index (κ1) is 39.6. The molecule has 52 heavy (non-hydrogen) atoms. The third kappa shape index (κ3) is 9.98. The van der Waals surface area contributed by atoms with Gasteiger partial charge in [0.05, 0.1) is 12.0 Å². The van der Waals surface area contributed by atoms with E-state index >= 15 is 0 Å². The van der Waals surface area contributed by atoms with Gasteiger partial charge in [0.15, 0.2) is 0 Å². The van der Waals surface area contributed by atoms with E-state index in [1.54, 1.807) is 37.4 Å². The first-order valence-corrected chi connectivity index (χ1v) is 18.0. The SMILES string of the molecule is CCN(CC)c1cc2oc(-c3ccc(F)cc3)c(C(=O)NC)c2cc1-c1cccc(C(=O)N[C@H](CC(=O)N[C@H](CC(=O)O)CC(C)C)CC(C)C)c1. The van der Waals surface area contributed by atoms with Crippen molar-refractivity contribution in [3.63, 3.8) is 0 Å². The summed E-state index contributed by atoms with van der Waals surface area (Å²) in [6.07, 6.45) is 0.925. The van der Waals surface area contributed by atoms with Crippen LogP contribution in [0.3, 0.4) is 0 Å². The van der Waals surface area contributed by atoms with Gasteiger partial charge in [-0.25, -0.2) is 4.39 Å². The van der Waals surface area contributed by atoms with E-state index in [0.717, 1.165) is 16.8 Å². The fourth-order valence-corrected chi connectivity index (χ4v) is 6.69. The Hall–Kier alpha value is -5.19. The molecule has 0 aliphatic heterocycles. The molecule has 1 aromatic heterocycles. The molecular weight excluding hydrogens is 663 g/mol. The second kappa shape index (κ2) is 17.8. The van der Waals surface area contributed by atoms with Crippen molar-refractivity contribution in [2.24, 2.45) is 11.8 Å². The van der Waals surface area contributed by atoms with E-state index < -0.39 is 23.9 Å². The number of carbonyl (C=O) groups is 4. The summed E-state index contributed by atoms with van der Waals surface area (Å²) in [4.78, 5) is 53.8. The number of nitrogens with zero attached hydrogens (tertiary/aromatic N) is 1. The maximum Gasteiger partial charge on any atom is 0.305 e. The van der Waals surface area contributed by atoms with Gasteiger partial charge in [0.1, 0.15) is 17.2 Å². The second-order valence-electron chi connectivity index (χ2n) is 14.0. The Morgan fingerprint density at radius 2 is 1.44 bits per heavy atom. The van der Waals surface area contributed by atoms with Crippen LogP contribution in [0.15, 0.2) is 65.1 Å². The van der Waals surface area contributed by atoms with Crippen molar-refractivity contribution in [2.75, 3.05) is 25.0 Å². The molecule has 10 nitrogen and oxygen atoms in total. The zero-order valence-electron chi connectivity index (χ0n) is 31.1. The standard InChI is InChI=1S/C41H51FN4O6/c1-8-46(9-2)34-23-35-33(38(41(51)43-7)39(52-35)26-13-15-29(42)16-14-26)22-32(34)27-11-10-12-28(19-27)40(50)45-30(17-24(3)4)20-36(47)44-31(18-25(5)6)21-37(48)49/h10-16,19,22-25,30-31H,8-9,17-18,20-21H2,1-7H3,(H,43,51)(H,44,47)(H,45,50)(H,48,49)/t30-,31-/m0/s1. The van der Waals surface area contributed by atoms with Crippen molar-refractivity contribution in [1.82, 2.24) is 16.0 Å². The molecule has 4 N–H and O–H groups in total. The van der Waals surface area contributed by atoms with E-state index in [9.17, 15) is 28.7 Å². The summed E-state index contributed by atoms with van der Waals surface area (Å²) in [7, 11) is 1.54. The third-order valence-electron chi connectivity index (χ3n) is 8.97. The minimum absolute atomic E-state index is 0.0136. The van der Waals surface area contributed by atoms with Crippen LogP contribution in [0, 0.1) is 17.7 Å². The summed E-state index contributed by atoms with van der Waals surface area (Å²) in [5.41, 5.74) is 4.15. The molecule has 0 bridgehead atoms. The van der Waals surface area contributed by atoms with Gasteiger partial charge < -0.3 is 30.4 Å². The highest BCUT2D eigenvalue weighted by molar-refractivity contribution is 6.13. The number of nitrogens with one attached hydrogen (secondary N) is 3. The number of hydrogen-bond acceptors (Lipinski definition) is 6. The van der Waals surface area contributed by atoms with Crippen LogP contribution in [0.5, 0.6) is 0 Å². The van der Waals surface area contributed by atoms with Crippen LogP contribution in [0.1, 0.15) is 87.9 Å². The van der Waals surface area contributed by atoms with E-state index in [1.165, 1.54) is 12.1 Å². The van der Waals surface area contributed by atoms with E-state index in [1.807, 2.05) is 59.7 Å².